The molecule has 0 saturated heterocycles. The first-order valence-electron chi connectivity index (χ1n) is 8.25. The Hall–Kier alpha value is -2.25. The van der Waals surface area contributed by atoms with Gasteiger partial charge in [0.2, 0.25) is 10.0 Å². The lowest BCUT2D eigenvalue weighted by molar-refractivity contribution is 0.354. The van der Waals surface area contributed by atoms with Gasteiger partial charge in [0.05, 0.1) is 26.2 Å². The molecule has 0 unspecified atom stereocenters. The Labute approximate surface area is 155 Å². The van der Waals surface area contributed by atoms with Gasteiger partial charge in [-0.05, 0) is 42.7 Å². The Morgan fingerprint density at radius 2 is 1.54 bits per heavy atom. The molecule has 0 aromatic heterocycles. The molecule has 0 aliphatic carbocycles. The number of hydrogen-bond donors (Lipinski definition) is 1. The van der Waals surface area contributed by atoms with Crippen LogP contribution in [0.25, 0.3) is 0 Å². The minimum Gasteiger partial charge on any atom is -0.496 e. The minimum atomic E-state index is -3.72. The van der Waals surface area contributed by atoms with Crippen molar-refractivity contribution in [3.8, 4) is 17.2 Å². The molecular weight excluding hydrogens is 354 g/mol. The molecule has 0 radical (unpaired) electrons. The van der Waals surface area contributed by atoms with Crippen LogP contribution in [-0.4, -0.2) is 29.7 Å². The molecule has 1 atom stereocenters. The van der Waals surface area contributed by atoms with Gasteiger partial charge < -0.3 is 14.2 Å². The van der Waals surface area contributed by atoms with Crippen molar-refractivity contribution in [3.63, 3.8) is 0 Å². The molecule has 0 saturated carbocycles. The quantitative estimate of drug-likeness (QED) is 0.760. The standard InChI is InChI=1S/C19H25NO5S/c1-6-16(14-7-9-17(23-3)13(2)11-14)20-26(21,22)15-8-10-18(24-4)19(12-15)25-5/h7-12,16,20H,6H2,1-5H3/t16-/m0/s1. The monoisotopic (exact) mass is 379 g/mol. The number of rotatable bonds is 8. The Morgan fingerprint density at radius 1 is 0.923 bits per heavy atom. The maximum atomic E-state index is 12.8. The van der Waals surface area contributed by atoms with E-state index in [0.717, 1.165) is 16.9 Å². The topological polar surface area (TPSA) is 73.9 Å². The molecule has 2 aromatic rings. The molecule has 142 valence electrons. The Morgan fingerprint density at radius 3 is 2.08 bits per heavy atom. The van der Waals surface area contributed by atoms with Crippen LogP contribution in [0.15, 0.2) is 41.3 Å². The summed E-state index contributed by atoms with van der Waals surface area (Å²) in [5.74, 6) is 1.61. The van der Waals surface area contributed by atoms with Crippen molar-refractivity contribution in [2.45, 2.75) is 31.2 Å². The lowest BCUT2D eigenvalue weighted by Gasteiger charge is -2.19. The fraction of sp³-hybridized carbons (Fsp3) is 0.368. The van der Waals surface area contributed by atoms with Crippen LogP contribution in [0.3, 0.4) is 0 Å². The normalized spacial score (nSPS) is 12.5. The molecule has 2 aromatic carbocycles. The zero-order valence-electron chi connectivity index (χ0n) is 15.7. The third-order valence-electron chi connectivity index (χ3n) is 4.19. The van der Waals surface area contributed by atoms with Crippen molar-refractivity contribution >= 4 is 10.0 Å². The maximum Gasteiger partial charge on any atom is 0.241 e. The molecule has 7 heteroatoms. The summed E-state index contributed by atoms with van der Waals surface area (Å²) in [6.07, 6.45) is 0.609. The fourth-order valence-electron chi connectivity index (χ4n) is 2.74. The van der Waals surface area contributed by atoms with Gasteiger partial charge in [-0.25, -0.2) is 13.1 Å². The Kier molecular flexibility index (Phi) is 6.50. The summed E-state index contributed by atoms with van der Waals surface area (Å²) >= 11 is 0. The van der Waals surface area contributed by atoms with Crippen molar-refractivity contribution in [2.75, 3.05) is 21.3 Å². The zero-order chi connectivity index (χ0) is 19.3. The Balaban J connectivity index is 2.33. The van der Waals surface area contributed by atoms with Gasteiger partial charge in [0.15, 0.2) is 11.5 Å². The van der Waals surface area contributed by atoms with Gasteiger partial charge >= 0.3 is 0 Å². The van der Waals surface area contributed by atoms with Crippen LogP contribution in [0.1, 0.15) is 30.5 Å². The van der Waals surface area contributed by atoms with Crippen molar-refractivity contribution in [3.05, 3.63) is 47.5 Å². The van der Waals surface area contributed by atoms with Crippen molar-refractivity contribution in [1.29, 1.82) is 0 Å². The predicted molar refractivity (Wildman–Crippen MR) is 101 cm³/mol. The third-order valence-corrected chi connectivity index (χ3v) is 5.66. The number of ether oxygens (including phenoxy) is 3. The van der Waals surface area contributed by atoms with E-state index in [4.69, 9.17) is 14.2 Å². The van der Waals surface area contributed by atoms with E-state index < -0.39 is 10.0 Å². The number of benzene rings is 2. The van der Waals surface area contributed by atoms with Gasteiger partial charge in [-0.2, -0.15) is 0 Å². The summed E-state index contributed by atoms with van der Waals surface area (Å²) in [5.41, 5.74) is 1.84. The molecule has 26 heavy (non-hydrogen) atoms. The van der Waals surface area contributed by atoms with E-state index in [-0.39, 0.29) is 10.9 Å². The van der Waals surface area contributed by atoms with Crippen molar-refractivity contribution in [1.82, 2.24) is 4.72 Å². The Bertz CT molecular complexity index is 864. The second kappa shape index (κ2) is 8.42. The first-order valence-corrected chi connectivity index (χ1v) is 9.73. The molecule has 0 aliphatic rings. The number of methoxy groups -OCH3 is 3. The van der Waals surface area contributed by atoms with Crippen LogP contribution >= 0.6 is 0 Å². The first kappa shape index (κ1) is 20.1. The molecule has 1 N–H and O–H groups in total. The third kappa shape index (κ3) is 4.28. The van der Waals surface area contributed by atoms with Gasteiger partial charge in [-0.15, -0.1) is 0 Å². The second-order valence-corrected chi connectivity index (χ2v) is 7.54. The maximum absolute atomic E-state index is 12.8. The molecular formula is C19H25NO5S. The van der Waals surface area contributed by atoms with Crippen LogP contribution in [0.5, 0.6) is 17.2 Å². The average Bonchev–Trinajstić information content (AvgIpc) is 2.65. The SMILES string of the molecule is CC[C@H](NS(=O)(=O)c1ccc(OC)c(OC)c1)c1ccc(OC)c(C)c1. The fourth-order valence-corrected chi connectivity index (χ4v) is 4.07. The number of hydrogen-bond acceptors (Lipinski definition) is 5. The van der Waals surface area contributed by atoms with E-state index >= 15 is 0 Å². The second-order valence-electron chi connectivity index (χ2n) is 5.83. The largest absolute Gasteiger partial charge is 0.496 e. The summed E-state index contributed by atoms with van der Waals surface area (Å²) in [4.78, 5) is 0.124. The van der Waals surface area contributed by atoms with Gasteiger partial charge in [0, 0.05) is 12.1 Å². The summed E-state index contributed by atoms with van der Waals surface area (Å²) in [5, 5.41) is 0. The smallest absolute Gasteiger partial charge is 0.241 e. The van der Waals surface area contributed by atoms with E-state index in [2.05, 4.69) is 4.72 Å². The van der Waals surface area contributed by atoms with Crippen LogP contribution in [0.4, 0.5) is 0 Å². The summed E-state index contributed by atoms with van der Waals surface area (Å²) in [7, 11) is 0.860. The molecule has 6 nitrogen and oxygen atoms in total. The van der Waals surface area contributed by atoms with Gasteiger partial charge in [-0.3, -0.25) is 0 Å². The number of nitrogens with one attached hydrogen (secondary N) is 1. The zero-order valence-corrected chi connectivity index (χ0v) is 16.5. The van der Waals surface area contributed by atoms with E-state index in [1.165, 1.54) is 26.4 Å². The van der Waals surface area contributed by atoms with Crippen LogP contribution < -0.4 is 18.9 Å². The van der Waals surface area contributed by atoms with Crippen LogP contribution in [0, 0.1) is 6.92 Å². The molecule has 0 amide bonds. The van der Waals surface area contributed by atoms with Gasteiger partial charge in [-0.1, -0.05) is 19.1 Å². The predicted octanol–water partition coefficient (Wildman–Crippen LogP) is 3.45. The van der Waals surface area contributed by atoms with Crippen LogP contribution in [-0.2, 0) is 10.0 Å². The van der Waals surface area contributed by atoms with Gasteiger partial charge in [0.1, 0.15) is 5.75 Å². The highest BCUT2D eigenvalue weighted by molar-refractivity contribution is 7.89. The minimum absolute atomic E-state index is 0.124. The number of aryl methyl sites for hydroxylation is 1. The molecule has 0 spiro atoms. The summed E-state index contributed by atoms with van der Waals surface area (Å²) in [6, 6.07) is 9.83. The molecule has 0 fully saturated rings. The highest BCUT2D eigenvalue weighted by atomic mass is 32.2. The summed E-state index contributed by atoms with van der Waals surface area (Å²) < 4.78 is 44.0. The van der Waals surface area contributed by atoms with Crippen LogP contribution in [0.2, 0.25) is 0 Å². The molecule has 0 heterocycles. The highest BCUT2D eigenvalue weighted by Crippen LogP contribution is 2.31. The first-order chi connectivity index (χ1) is 12.4. The lowest BCUT2D eigenvalue weighted by Crippen LogP contribution is -2.28. The molecule has 2 rings (SSSR count). The van der Waals surface area contributed by atoms with Crippen molar-refractivity contribution in [2.24, 2.45) is 0 Å². The van der Waals surface area contributed by atoms with E-state index in [9.17, 15) is 8.42 Å². The van der Waals surface area contributed by atoms with E-state index in [0.29, 0.717) is 17.9 Å². The van der Waals surface area contributed by atoms with E-state index in [1.807, 2.05) is 32.0 Å². The summed E-state index contributed by atoms with van der Waals surface area (Å²) in [6.45, 7) is 3.86. The molecule has 0 bridgehead atoms. The number of sulfonamides is 1. The molecule has 0 aliphatic heterocycles. The average molecular weight is 379 g/mol. The van der Waals surface area contributed by atoms with E-state index in [1.54, 1.807) is 13.2 Å². The van der Waals surface area contributed by atoms with Crippen molar-refractivity contribution < 1.29 is 22.6 Å². The van der Waals surface area contributed by atoms with Gasteiger partial charge in [0.25, 0.3) is 0 Å². The lowest BCUT2D eigenvalue weighted by atomic mass is 10.0. The highest BCUT2D eigenvalue weighted by Gasteiger charge is 2.22.